The van der Waals surface area contributed by atoms with Crippen molar-refractivity contribution in [2.24, 2.45) is 0 Å². The van der Waals surface area contributed by atoms with E-state index in [0.29, 0.717) is 0 Å². The molecule has 0 aliphatic heterocycles. The van der Waals surface area contributed by atoms with Crippen molar-refractivity contribution in [2.45, 2.75) is 6.54 Å². The van der Waals surface area contributed by atoms with Crippen LogP contribution in [0.2, 0.25) is 0 Å². The first kappa shape index (κ1) is 10.8. The highest BCUT2D eigenvalue weighted by molar-refractivity contribution is 5.36. The summed E-state index contributed by atoms with van der Waals surface area (Å²) in [7, 11) is 3.84. The summed E-state index contributed by atoms with van der Waals surface area (Å²) >= 11 is 0. The van der Waals surface area contributed by atoms with E-state index in [4.69, 9.17) is 0 Å². The maximum absolute atomic E-state index is 3.11. The number of nitrogens with one attached hydrogen (secondary N) is 2. The van der Waals surface area contributed by atoms with Gasteiger partial charge in [0.15, 0.2) is 0 Å². The van der Waals surface area contributed by atoms with E-state index in [1.807, 2.05) is 14.1 Å². The number of rotatable bonds is 3. The predicted molar refractivity (Wildman–Crippen MR) is 60.0 cm³/mol. The van der Waals surface area contributed by atoms with Crippen LogP contribution in [0.3, 0.4) is 0 Å². The predicted octanol–water partition coefficient (Wildman–Crippen LogP) is 0.977. The molecule has 0 amide bonds. The summed E-state index contributed by atoms with van der Waals surface area (Å²) in [4.78, 5) is 0. The van der Waals surface area contributed by atoms with Crippen LogP contribution < -0.4 is 10.6 Å². The fourth-order valence-electron chi connectivity index (χ4n) is 1.14. The number of hydrogen-bond acceptors (Lipinski definition) is 2. The Balaban J connectivity index is 2.60. The third-order valence-electron chi connectivity index (χ3n) is 1.83. The van der Waals surface area contributed by atoms with Crippen LogP contribution in [-0.4, -0.2) is 20.6 Å². The maximum Gasteiger partial charge on any atom is 0.0577 e. The van der Waals surface area contributed by atoms with Crippen molar-refractivity contribution < 1.29 is 0 Å². The Hall–Kier alpha value is -1.30. The molecule has 0 saturated heterocycles. The highest BCUT2D eigenvalue weighted by atomic mass is 14.8. The second kappa shape index (κ2) is 6.20. The van der Waals surface area contributed by atoms with Crippen molar-refractivity contribution in [2.75, 3.05) is 20.6 Å². The van der Waals surface area contributed by atoms with Gasteiger partial charge in [0.2, 0.25) is 0 Å². The van der Waals surface area contributed by atoms with Crippen LogP contribution in [0.4, 0.5) is 0 Å². The largest absolute Gasteiger partial charge is 0.316 e. The average molecular weight is 188 g/mol. The van der Waals surface area contributed by atoms with Gasteiger partial charge in [0.25, 0.3) is 0 Å². The van der Waals surface area contributed by atoms with Gasteiger partial charge in [0.1, 0.15) is 0 Å². The molecular weight excluding hydrogens is 172 g/mol. The summed E-state index contributed by atoms with van der Waals surface area (Å²) in [5, 5.41) is 6.10. The fourth-order valence-corrected chi connectivity index (χ4v) is 1.14. The van der Waals surface area contributed by atoms with Gasteiger partial charge < -0.3 is 10.6 Å². The van der Waals surface area contributed by atoms with Gasteiger partial charge in [0, 0.05) is 12.1 Å². The molecule has 2 nitrogen and oxygen atoms in total. The molecule has 0 atom stereocenters. The quantitative estimate of drug-likeness (QED) is 0.691. The summed E-state index contributed by atoms with van der Waals surface area (Å²) in [6, 6.07) is 8.30. The molecule has 0 radical (unpaired) electrons. The van der Waals surface area contributed by atoms with Crippen molar-refractivity contribution in [3.05, 3.63) is 35.4 Å². The van der Waals surface area contributed by atoms with Crippen LogP contribution in [-0.2, 0) is 6.54 Å². The third kappa shape index (κ3) is 3.61. The zero-order valence-corrected chi connectivity index (χ0v) is 8.72. The first-order valence-electron chi connectivity index (χ1n) is 4.74. The lowest BCUT2D eigenvalue weighted by atomic mass is 10.1. The Kier molecular flexibility index (Phi) is 4.77. The third-order valence-corrected chi connectivity index (χ3v) is 1.83. The first-order valence-corrected chi connectivity index (χ1v) is 4.74. The number of benzene rings is 1. The minimum absolute atomic E-state index is 0.734. The van der Waals surface area contributed by atoms with Gasteiger partial charge in [-0.1, -0.05) is 24.0 Å². The van der Waals surface area contributed by atoms with Crippen molar-refractivity contribution >= 4 is 0 Å². The standard InChI is InChI=1S/C12H16N2/c1-13-9-3-4-11-5-7-12(8-6-11)10-14-2/h5-8,13-14H,9-10H2,1-2H3. The Labute approximate surface area is 85.7 Å². The molecule has 1 aromatic carbocycles. The van der Waals surface area contributed by atoms with Crippen molar-refractivity contribution in [1.82, 2.24) is 10.6 Å². The molecule has 14 heavy (non-hydrogen) atoms. The molecule has 1 rings (SSSR count). The Morgan fingerprint density at radius 3 is 2.36 bits per heavy atom. The second-order valence-corrected chi connectivity index (χ2v) is 3.06. The normalized spacial score (nSPS) is 9.29. The van der Waals surface area contributed by atoms with E-state index < -0.39 is 0 Å². The van der Waals surface area contributed by atoms with E-state index in [0.717, 1.165) is 18.7 Å². The summed E-state index contributed by atoms with van der Waals surface area (Å²) in [5.74, 6) is 6.11. The highest BCUT2D eigenvalue weighted by Gasteiger charge is 1.89. The molecule has 1 aromatic rings. The Bertz CT molecular complexity index is 316. The highest BCUT2D eigenvalue weighted by Crippen LogP contribution is 2.02. The molecule has 0 saturated carbocycles. The zero-order valence-electron chi connectivity index (χ0n) is 8.72. The zero-order chi connectivity index (χ0) is 10.2. The maximum atomic E-state index is 3.11. The lowest BCUT2D eigenvalue weighted by Crippen LogP contribution is -2.05. The summed E-state index contributed by atoms with van der Waals surface area (Å²) < 4.78 is 0. The minimum Gasteiger partial charge on any atom is -0.316 e. The van der Waals surface area contributed by atoms with Gasteiger partial charge in [-0.3, -0.25) is 0 Å². The van der Waals surface area contributed by atoms with E-state index >= 15 is 0 Å². The lowest BCUT2D eigenvalue weighted by Gasteiger charge is -1.98. The minimum atomic E-state index is 0.734. The molecule has 0 unspecified atom stereocenters. The van der Waals surface area contributed by atoms with Crippen LogP contribution in [0, 0.1) is 11.8 Å². The van der Waals surface area contributed by atoms with Crippen LogP contribution in [0.25, 0.3) is 0 Å². The van der Waals surface area contributed by atoms with Gasteiger partial charge in [-0.05, 0) is 31.8 Å². The fraction of sp³-hybridized carbons (Fsp3) is 0.333. The van der Waals surface area contributed by atoms with Crippen LogP contribution in [0.15, 0.2) is 24.3 Å². The molecule has 0 aliphatic carbocycles. The van der Waals surface area contributed by atoms with Crippen LogP contribution >= 0.6 is 0 Å². The van der Waals surface area contributed by atoms with Crippen molar-refractivity contribution in [3.8, 4) is 11.8 Å². The Morgan fingerprint density at radius 1 is 1.07 bits per heavy atom. The SMILES string of the molecule is CNCC#Cc1ccc(CNC)cc1. The summed E-state index contributed by atoms with van der Waals surface area (Å²) in [6.07, 6.45) is 0. The summed E-state index contributed by atoms with van der Waals surface area (Å²) in [5.41, 5.74) is 2.35. The van der Waals surface area contributed by atoms with E-state index in [-0.39, 0.29) is 0 Å². The molecule has 2 N–H and O–H groups in total. The molecule has 0 heterocycles. The van der Waals surface area contributed by atoms with Crippen LogP contribution in [0.1, 0.15) is 11.1 Å². The molecule has 0 aliphatic rings. The topological polar surface area (TPSA) is 24.1 Å². The number of hydrogen-bond donors (Lipinski definition) is 2. The van der Waals surface area contributed by atoms with Crippen molar-refractivity contribution in [1.29, 1.82) is 0 Å². The molecule has 0 spiro atoms. The van der Waals surface area contributed by atoms with E-state index in [2.05, 4.69) is 46.7 Å². The van der Waals surface area contributed by atoms with Gasteiger partial charge in [-0.2, -0.15) is 0 Å². The summed E-state index contributed by atoms with van der Waals surface area (Å²) in [6.45, 7) is 1.64. The van der Waals surface area contributed by atoms with E-state index in [1.54, 1.807) is 0 Å². The van der Waals surface area contributed by atoms with Gasteiger partial charge in [-0.25, -0.2) is 0 Å². The molecule has 0 fully saturated rings. The molecule has 0 bridgehead atoms. The van der Waals surface area contributed by atoms with Gasteiger partial charge >= 0.3 is 0 Å². The second-order valence-electron chi connectivity index (χ2n) is 3.06. The molecule has 0 aromatic heterocycles. The molecule has 2 heteroatoms. The molecular formula is C12H16N2. The smallest absolute Gasteiger partial charge is 0.0577 e. The average Bonchev–Trinajstić information content (AvgIpc) is 2.21. The van der Waals surface area contributed by atoms with Gasteiger partial charge in [0.05, 0.1) is 6.54 Å². The lowest BCUT2D eigenvalue weighted by molar-refractivity contribution is 0.818. The Morgan fingerprint density at radius 2 is 1.79 bits per heavy atom. The van der Waals surface area contributed by atoms with E-state index in [1.165, 1.54) is 5.56 Å². The van der Waals surface area contributed by atoms with Gasteiger partial charge in [-0.15, -0.1) is 0 Å². The molecule has 74 valence electrons. The van der Waals surface area contributed by atoms with E-state index in [9.17, 15) is 0 Å². The monoisotopic (exact) mass is 188 g/mol. The van der Waals surface area contributed by atoms with Crippen LogP contribution in [0.5, 0.6) is 0 Å². The van der Waals surface area contributed by atoms with Crippen molar-refractivity contribution in [3.63, 3.8) is 0 Å². The first-order chi connectivity index (χ1) is 6.86.